The van der Waals surface area contributed by atoms with Crippen LogP contribution in [0, 0.1) is 5.92 Å². The zero-order valence-electron chi connectivity index (χ0n) is 13.5. The Morgan fingerprint density at radius 2 is 2.00 bits per heavy atom. The van der Waals surface area contributed by atoms with Crippen molar-refractivity contribution in [2.75, 3.05) is 40.3 Å². The van der Waals surface area contributed by atoms with E-state index in [1.165, 1.54) is 0 Å². The standard InChI is InChI=1S/C15H31N3O2/c1-12(2)17(3)11-13-5-7-18(8-6-13)15(19)9-14(10-16)20-4/h12-14H,5-11,16H2,1-4H3. The van der Waals surface area contributed by atoms with Crippen LogP contribution in [-0.2, 0) is 9.53 Å². The monoisotopic (exact) mass is 285 g/mol. The first kappa shape index (κ1) is 17.4. The Labute approximate surface area is 123 Å². The maximum atomic E-state index is 12.1. The van der Waals surface area contributed by atoms with Gasteiger partial charge in [-0.05, 0) is 39.7 Å². The number of methoxy groups -OCH3 is 1. The van der Waals surface area contributed by atoms with E-state index in [9.17, 15) is 4.79 Å². The van der Waals surface area contributed by atoms with Crippen LogP contribution in [0.1, 0.15) is 33.1 Å². The van der Waals surface area contributed by atoms with E-state index in [1.807, 2.05) is 4.90 Å². The number of carbonyl (C=O) groups is 1. The highest BCUT2D eigenvalue weighted by Gasteiger charge is 2.25. The summed E-state index contributed by atoms with van der Waals surface area (Å²) in [5, 5.41) is 0. The Balaban J connectivity index is 2.32. The zero-order chi connectivity index (χ0) is 15.1. The first-order valence-electron chi connectivity index (χ1n) is 7.68. The van der Waals surface area contributed by atoms with Gasteiger partial charge in [-0.1, -0.05) is 0 Å². The normalized spacial score (nSPS) is 18.9. The molecule has 0 radical (unpaired) electrons. The van der Waals surface area contributed by atoms with Gasteiger partial charge in [0.2, 0.25) is 5.91 Å². The second-order valence-corrected chi connectivity index (χ2v) is 6.16. The van der Waals surface area contributed by atoms with Crippen molar-refractivity contribution in [3.05, 3.63) is 0 Å². The van der Waals surface area contributed by atoms with E-state index in [4.69, 9.17) is 10.5 Å². The summed E-state index contributed by atoms with van der Waals surface area (Å²) in [4.78, 5) is 16.5. The number of piperidine rings is 1. The van der Waals surface area contributed by atoms with Crippen LogP contribution in [-0.4, -0.2) is 68.2 Å². The van der Waals surface area contributed by atoms with E-state index in [0.717, 1.165) is 32.5 Å². The highest BCUT2D eigenvalue weighted by atomic mass is 16.5. The minimum absolute atomic E-state index is 0.146. The Kier molecular flexibility index (Phi) is 7.48. The molecule has 0 aromatic heterocycles. The van der Waals surface area contributed by atoms with Crippen molar-refractivity contribution >= 4 is 5.91 Å². The molecule has 0 spiro atoms. The van der Waals surface area contributed by atoms with Crippen molar-refractivity contribution < 1.29 is 9.53 Å². The molecular weight excluding hydrogens is 254 g/mol. The minimum Gasteiger partial charge on any atom is -0.380 e. The van der Waals surface area contributed by atoms with Crippen molar-refractivity contribution in [3.8, 4) is 0 Å². The Morgan fingerprint density at radius 1 is 1.40 bits per heavy atom. The topological polar surface area (TPSA) is 58.8 Å². The lowest BCUT2D eigenvalue weighted by Gasteiger charge is -2.35. The third kappa shape index (κ3) is 5.38. The number of nitrogens with two attached hydrogens (primary N) is 1. The smallest absolute Gasteiger partial charge is 0.225 e. The van der Waals surface area contributed by atoms with Crippen molar-refractivity contribution in [1.29, 1.82) is 0 Å². The Morgan fingerprint density at radius 3 is 2.45 bits per heavy atom. The molecular formula is C15H31N3O2. The summed E-state index contributed by atoms with van der Waals surface area (Å²) in [7, 11) is 3.78. The van der Waals surface area contributed by atoms with Gasteiger partial charge in [-0.15, -0.1) is 0 Å². The van der Waals surface area contributed by atoms with E-state index in [0.29, 0.717) is 24.9 Å². The number of carbonyl (C=O) groups excluding carboxylic acids is 1. The molecule has 1 heterocycles. The predicted molar refractivity (Wildman–Crippen MR) is 81.5 cm³/mol. The highest BCUT2D eigenvalue weighted by molar-refractivity contribution is 5.76. The van der Waals surface area contributed by atoms with E-state index in [1.54, 1.807) is 7.11 Å². The van der Waals surface area contributed by atoms with E-state index in [-0.39, 0.29) is 12.0 Å². The Bertz CT molecular complexity index is 285. The lowest BCUT2D eigenvalue weighted by molar-refractivity contribution is -0.135. The summed E-state index contributed by atoms with van der Waals surface area (Å²) in [5.41, 5.74) is 5.57. The van der Waals surface area contributed by atoms with Gasteiger partial charge >= 0.3 is 0 Å². The van der Waals surface area contributed by atoms with E-state index >= 15 is 0 Å². The largest absolute Gasteiger partial charge is 0.380 e. The van der Waals surface area contributed by atoms with Crippen molar-refractivity contribution in [1.82, 2.24) is 9.80 Å². The lowest BCUT2D eigenvalue weighted by Crippen LogP contribution is -2.43. The van der Waals surface area contributed by atoms with Crippen LogP contribution < -0.4 is 5.73 Å². The first-order chi connectivity index (χ1) is 9.47. The molecule has 1 amide bonds. The van der Waals surface area contributed by atoms with Crippen molar-refractivity contribution in [3.63, 3.8) is 0 Å². The lowest BCUT2D eigenvalue weighted by atomic mass is 9.95. The average Bonchev–Trinajstić information content (AvgIpc) is 2.45. The number of rotatable bonds is 7. The quantitative estimate of drug-likeness (QED) is 0.756. The van der Waals surface area contributed by atoms with Crippen LogP contribution in [0.4, 0.5) is 0 Å². The molecule has 5 heteroatoms. The predicted octanol–water partition coefficient (Wildman–Crippen LogP) is 0.929. The molecule has 5 nitrogen and oxygen atoms in total. The number of hydrogen-bond acceptors (Lipinski definition) is 4. The SMILES string of the molecule is COC(CN)CC(=O)N1CCC(CN(C)C(C)C)CC1. The zero-order valence-corrected chi connectivity index (χ0v) is 13.5. The number of amides is 1. The first-order valence-corrected chi connectivity index (χ1v) is 7.68. The molecule has 2 N–H and O–H groups in total. The fourth-order valence-corrected chi connectivity index (χ4v) is 2.57. The number of hydrogen-bond donors (Lipinski definition) is 1. The van der Waals surface area contributed by atoms with Crippen LogP contribution in [0.15, 0.2) is 0 Å². The van der Waals surface area contributed by atoms with Crippen LogP contribution in [0.5, 0.6) is 0 Å². The summed E-state index contributed by atoms with van der Waals surface area (Å²) < 4.78 is 5.18. The van der Waals surface area contributed by atoms with E-state index in [2.05, 4.69) is 25.8 Å². The van der Waals surface area contributed by atoms with Crippen molar-refractivity contribution in [2.45, 2.75) is 45.3 Å². The van der Waals surface area contributed by atoms with Gasteiger partial charge in [0.15, 0.2) is 0 Å². The average molecular weight is 285 g/mol. The highest BCUT2D eigenvalue weighted by Crippen LogP contribution is 2.19. The summed E-state index contributed by atoms with van der Waals surface area (Å²) in [6, 6.07) is 0.585. The van der Waals surface area contributed by atoms with Crippen LogP contribution >= 0.6 is 0 Å². The molecule has 1 saturated heterocycles. The van der Waals surface area contributed by atoms with Crippen LogP contribution in [0.25, 0.3) is 0 Å². The van der Waals surface area contributed by atoms with Gasteiger partial charge in [0.05, 0.1) is 12.5 Å². The summed E-state index contributed by atoms with van der Waals surface area (Å²) >= 11 is 0. The van der Waals surface area contributed by atoms with Gasteiger partial charge in [-0.2, -0.15) is 0 Å². The van der Waals surface area contributed by atoms with Crippen LogP contribution in [0.3, 0.4) is 0 Å². The second-order valence-electron chi connectivity index (χ2n) is 6.16. The molecule has 1 unspecified atom stereocenters. The van der Waals surface area contributed by atoms with Crippen LogP contribution in [0.2, 0.25) is 0 Å². The molecule has 0 aromatic carbocycles. The van der Waals surface area contributed by atoms with Gasteiger partial charge in [0, 0.05) is 39.3 Å². The van der Waals surface area contributed by atoms with Gasteiger partial charge in [0.1, 0.15) is 0 Å². The number of likely N-dealkylation sites (tertiary alicyclic amines) is 1. The van der Waals surface area contributed by atoms with Gasteiger partial charge < -0.3 is 20.3 Å². The third-order valence-corrected chi connectivity index (χ3v) is 4.39. The molecule has 20 heavy (non-hydrogen) atoms. The number of ether oxygens (including phenoxy) is 1. The summed E-state index contributed by atoms with van der Waals surface area (Å²) in [5.74, 6) is 0.886. The molecule has 1 rings (SSSR count). The number of nitrogens with zero attached hydrogens (tertiary/aromatic N) is 2. The molecule has 0 aliphatic carbocycles. The molecule has 0 bridgehead atoms. The minimum atomic E-state index is -0.146. The third-order valence-electron chi connectivity index (χ3n) is 4.39. The fourth-order valence-electron chi connectivity index (χ4n) is 2.57. The summed E-state index contributed by atoms with van der Waals surface area (Å²) in [6.07, 6.45) is 2.46. The van der Waals surface area contributed by atoms with Gasteiger partial charge in [-0.25, -0.2) is 0 Å². The van der Waals surface area contributed by atoms with Gasteiger partial charge in [-0.3, -0.25) is 4.79 Å². The Hall–Kier alpha value is -0.650. The molecule has 118 valence electrons. The summed E-state index contributed by atoms with van der Waals surface area (Å²) in [6.45, 7) is 7.71. The molecule has 1 aliphatic rings. The second kappa shape index (κ2) is 8.60. The molecule has 0 saturated carbocycles. The molecule has 1 atom stereocenters. The maximum Gasteiger partial charge on any atom is 0.225 e. The molecule has 0 aromatic rings. The van der Waals surface area contributed by atoms with E-state index < -0.39 is 0 Å². The van der Waals surface area contributed by atoms with Crippen molar-refractivity contribution in [2.24, 2.45) is 11.7 Å². The maximum absolute atomic E-state index is 12.1. The molecule has 1 fully saturated rings. The fraction of sp³-hybridized carbons (Fsp3) is 0.933. The van der Waals surface area contributed by atoms with Gasteiger partial charge in [0.25, 0.3) is 0 Å². The molecule has 1 aliphatic heterocycles.